The minimum Gasteiger partial charge on any atom is -0.493 e. The Morgan fingerprint density at radius 2 is 2.00 bits per heavy atom. The molecule has 0 spiro atoms. The van der Waals surface area contributed by atoms with Crippen molar-refractivity contribution in [1.82, 2.24) is 10.6 Å². The number of hydrogen-bond acceptors (Lipinski definition) is 3. The van der Waals surface area contributed by atoms with E-state index in [4.69, 9.17) is 9.47 Å². The first-order valence-corrected chi connectivity index (χ1v) is 9.47. The van der Waals surface area contributed by atoms with E-state index in [1.165, 1.54) is 0 Å². The molecule has 25 heavy (non-hydrogen) atoms. The Morgan fingerprint density at radius 1 is 1.16 bits per heavy atom. The topological polar surface area (TPSA) is 54.9 Å². The molecule has 0 atom stereocenters. The molecule has 1 aromatic rings. The lowest BCUT2D eigenvalue weighted by Crippen LogP contribution is -2.37. The Hall–Kier alpha value is -1.75. The van der Waals surface area contributed by atoms with Gasteiger partial charge in [-0.15, -0.1) is 0 Å². The summed E-state index contributed by atoms with van der Waals surface area (Å²) in [7, 11) is 0. The molecule has 0 bridgehead atoms. The van der Waals surface area contributed by atoms with Crippen LogP contribution < -0.4 is 15.4 Å². The van der Waals surface area contributed by atoms with Gasteiger partial charge in [-0.25, -0.2) is 4.99 Å². The molecule has 2 N–H and O–H groups in total. The van der Waals surface area contributed by atoms with E-state index in [2.05, 4.69) is 48.5 Å². The average Bonchev–Trinajstić information content (AvgIpc) is 2.61. The zero-order valence-electron chi connectivity index (χ0n) is 16.3. The molecule has 0 unspecified atom stereocenters. The number of hydrogen-bond donors (Lipinski definition) is 2. The number of guanidine groups is 1. The monoisotopic (exact) mass is 349 g/mol. The van der Waals surface area contributed by atoms with Gasteiger partial charge in [0, 0.05) is 26.3 Å². The maximum Gasteiger partial charge on any atom is 0.191 e. The smallest absolute Gasteiger partial charge is 0.191 e. The first-order valence-electron chi connectivity index (χ1n) is 9.47. The lowest BCUT2D eigenvalue weighted by atomic mass is 10.2. The van der Waals surface area contributed by atoms with E-state index in [9.17, 15) is 0 Å². The highest BCUT2D eigenvalue weighted by Crippen LogP contribution is 2.15. The quantitative estimate of drug-likeness (QED) is 0.344. The third kappa shape index (κ3) is 10.7. The number of unbranched alkanes of at least 4 members (excludes halogenated alkanes) is 1. The summed E-state index contributed by atoms with van der Waals surface area (Å²) in [6.45, 7) is 13.1. The van der Waals surface area contributed by atoms with Crippen molar-refractivity contribution in [2.45, 2.75) is 47.1 Å². The van der Waals surface area contributed by atoms with Crippen LogP contribution >= 0.6 is 0 Å². The Bertz CT molecular complexity index is 490. The molecule has 142 valence electrons. The third-order valence-electron chi connectivity index (χ3n) is 3.46. The number of benzene rings is 1. The Balaban J connectivity index is 2.46. The van der Waals surface area contributed by atoms with Crippen LogP contribution in [0.4, 0.5) is 0 Å². The van der Waals surface area contributed by atoms with Gasteiger partial charge in [-0.05, 0) is 50.3 Å². The maximum absolute atomic E-state index is 5.78. The van der Waals surface area contributed by atoms with Gasteiger partial charge in [-0.1, -0.05) is 26.0 Å². The summed E-state index contributed by atoms with van der Waals surface area (Å²) in [6, 6.07) is 8.17. The molecule has 0 heterocycles. The van der Waals surface area contributed by atoms with E-state index in [-0.39, 0.29) is 0 Å². The van der Waals surface area contributed by atoms with Crippen LogP contribution in [-0.2, 0) is 11.3 Å². The van der Waals surface area contributed by atoms with Gasteiger partial charge in [0.15, 0.2) is 5.96 Å². The largest absolute Gasteiger partial charge is 0.493 e. The highest BCUT2D eigenvalue weighted by atomic mass is 16.5. The summed E-state index contributed by atoms with van der Waals surface area (Å²) in [5.41, 5.74) is 1.15. The molecular weight excluding hydrogens is 314 g/mol. The van der Waals surface area contributed by atoms with Crippen LogP contribution in [0.1, 0.15) is 46.1 Å². The third-order valence-corrected chi connectivity index (χ3v) is 3.46. The van der Waals surface area contributed by atoms with Crippen molar-refractivity contribution in [3.05, 3.63) is 29.8 Å². The number of ether oxygens (including phenoxy) is 2. The molecule has 5 heteroatoms. The van der Waals surface area contributed by atoms with Gasteiger partial charge in [0.05, 0.1) is 13.2 Å². The van der Waals surface area contributed by atoms with Crippen LogP contribution in [0, 0.1) is 5.92 Å². The van der Waals surface area contributed by atoms with Crippen molar-refractivity contribution < 1.29 is 9.47 Å². The zero-order valence-corrected chi connectivity index (χ0v) is 16.3. The Kier molecular flexibility index (Phi) is 11.5. The normalized spacial score (nSPS) is 11.6. The molecule has 1 aromatic carbocycles. The van der Waals surface area contributed by atoms with Crippen LogP contribution in [0.2, 0.25) is 0 Å². The molecule has 0 fully saturated rings. The molecule has 5 nitrogen and oxygen atoms in total. The van der Waals surface area contributed by atoms with Crippen molar-refractivity contribution in [3.63, 3.8) is 0 Å². The first-order chi connectivity index (χ1) is 12.2. The minimum atomic E-state index is 0.522. The van der Waals surface area contributed by atoms with Gasteiger partial charge in [0.1, 0.15) is 5.75 Å². The van der Waals surface area contributed by atoms with Crippen LogP contribution in [0.15, 0.2) is 29.3 Å². The zero-order chi connectivity index (χ0) is 18.3. The summed E-state index contributed by atoms with van der Waals surface area (Å²) >= 11 is 0. The lowest BCUT2D eigenvalue weighted by Gasteiger charge is -2.12. The molecule has 0 aromatic heterocycles. The lowest BCUT2D eigenvalue weighted by molar-refractivity contribution is 0.143. The summed E-state index contributed by atoms with van der Waals surface area (Å²) in [6.07, 6.45) is 2.14. The van der Waals surface area contributed by atoms with Gasteiger partial charge in [-0.3, -0.25) is 0 Å². The van der Waals surface area contributed by atoms with E-state index in [0.717, 1.165) is 63.0 Å². The number of nitrogens with zero attached hydrogens (tertiary/aromatic N) is 1. The van der Waals surface area contributed by atoms with Gasteiger partial charge < -0.3 is 20.1 Å². The second-order valence-corrected chi connectivity index (χ2v) is 6.38. The number of rotatable bonds is 12. The number of aliphatic imine (C=N–C) groups is 1. The van der Waals surface area contributed by atoms with Crippen molar-refractivity contribution in [2.75, 3.05) is 32.9 Å². The van der Waals surface area contributed by atoms with Crippen molar-refractivity contribution >= 4 is 5.96 Å². The van der Waals surface area contributed by atoms with Gasteiger partial charge in [-0.2, -0.15) is 0 Å². The maximum atomic E-state index is 5.78. The molecule has 1 rings (SSSR count). The predicted molar refractivity (Wildman–Crippen MR) is 105 cm³/mol. The fourth-order valence-corrected chi connectivity index (χ4v) is 2.19. The first kappa shape index (κ1) is 21.3. The van der Waals surface area contributed by atoms with Crippen molar-refractivity contribution in [2.24, 2.45) is 10.9 Å². The van der Waals surface area contributed by atoms with E-state index >= 15 is 0 Å². The SMILES string of the molecule is CCNC(=NCc1cccc(OCC(C)C)c1)NCCCCOCC. The molecule has 0 saturated carbocycles. The molecule has 0 saturated heterocycles. The Morgan fingerprint density at radius 3 is 2.72 bits per heavy atom. The summed E-state index contributed by atoms with van der Waals surface area (Å²) in [5.74, 6) is 2.29. The summed E-state index contributed by atoms with van der Waals surface area (Å²) in [4.78, 5) is 4.66. The van der Waals surface area contributed by atoms with E-state index in [0.29, 0.717) is 12.5 Å². The molecular formula is C20H35N3O2. The second-order valence-electron chi connectivity index (χ2n) is 6.38. The van der Waals surface area contributed by atoms with Crippen LogP contribution in [0.3, 0.4) is 0 Å². The Labute approximate surface area is 153 Å². The fraction of sp³-hybridized carbons (Fsp3) is 0.650. The summed E-state index contributed by atoms with van der Waals surface area (Å²) < 4.78 is 11.1. The summed E-state index contributed by atoms with van der Waals surface area (Å²) in [5, 5.41) is 6.66. The van der Waals surface area contributed by atoms with Crippen LogP contribution in [0.5, 0.6) is 5.75 Å². The molecule has 0 amide bonds. The standard InChI is InChI=1S/C20H35N3O2/c1-5-21-20(22-12-7-8-13-24-6-2)23-15-18-10-9-11-19(14-18)25-16-17(3)4/h9-11,14,17H,5-8,12-13,15-16H2,1-4H3,(H2,21,22,23). The van der Waals surface area contributed by atoms with Crippen LogP contribution in [-0.4, -0.2) is 38.9 Å². The molecule has 0 radical (unpaired) electrons. The number of nitrogens with one attached hydrogen (secondary N) is 2. The highest BCUT2D eigenvalue weighted by Gasteiger charge is 2.01. The average molecular weight is 350 g/mol. The van der Waals surface area contributed by atoms with E-state index in [1.54, 1.807) is 0 Å². The molecule has 0 aliphatic rings. The minimum absolute atomic E-state index is 0.522. The van der Waals surface area contributed by atoms with Gasteiger partial charge in [0.25, 0.3) is 0 Å². The van der Waals surface area contributed by atoms with E-state index < -0.39 is 0 Å². The highest BCUT2D eigenvalue weighted by molar-refractivity contribution is 5.79. The van der Waals surface area contributed by atoms with Gasteiger partial charge >= 0.3 is 0 Å². The molecule has 0 aliphatic heterocycles. The predicted octanol–water partition coefficient (Wildman–Crippen LogP) is 3.59. The fourth-order valence-electron chi connectivity index (χ4n) is 2.19. The molecule has 0 aliphatic carbocycles. The van der Waals surface area contributed by atoms with Crippen molar-refractivity contribution in [3.8, 4) is 5.75 Å². The van der Waals surface area contributed by atoms with Crippen molar-refractivity contribution in [1.29, 1.82) is 0 Å². The van der Waals surface area contributed by atoms with Gasteiger partial charge in [0.2, 0.25) is 0 Å². The second kappa shape index (κ2) is 13.5. The van der Waals surface area contributed by atoms with Crippen LogP contribution in [0.25, 0.3) is 0 Å². The van der Waals surface area contributed by atoms with E-state index in [1.807, 2.05) is 19.1 Å².